The van der Waals surface area contributed by atoms with Crippen molar-refractivity contribution in [3.63, 3.8) is 0 Å². The zero-order chi connectivity index (χ0) is 19.3. The van der Waals surface area contributed by atoms with E-state index in [2.05, 4.69) is 38.7 Å². The monoisotopic (exact) mass is 361 g/mol. The summed E-state index contributed by atoms with van der Waals surface area (Å²) < 4.78 is 5.37. The smallest absolute Gasteiger partial charge is 0.410 e. The lowest BCUT2D eigenvalue weighted by Crippen LogP contribution is -2.63. The van der Waals surface area contributed by atoms with Crippen LogP contribution in [0.4, 0.5) is 10.5 Å². The largest absolute Gasteiger partial charge is 0.444 e. The van der Waals surface area contributed by atoms with Crippen LogP contribution in [0.1, 0.15) is 26.3 Å². The van der Waals surface area contributed by atoms with E-state index in [1.54, 1.807) is 11.9 Å². The predicted molar refractivity (Wildman–Crippen MR) is 106 cm³/mol. The molecule has 1 aliphatic rings. The molecule has 26 heavy (non-hydrogen) atoms. The number of likely N-dealkylation sites (tertiary alicyclic amines) is 1. The Hall–Kier alpha value is -2.44. The Bertz CT molecular complexity index is 646. The molecule has 0 aromatic heterocycles. The van der Waals surface area contributed by atoms with Crippen LogP contribution in [0.5, 0.6) is 0 Å². The minimum absolute atomic E-state index is 0.182. The van der Waals surface area contributed by atoms with Crippen LogP contribution in [0.25, 0.3) is 0 Å². The number of anilines is 1. The number of ether oxygens (including phenoxy) is 1. The predicted octanol–water partition coefficient (Wildman–Crippen LogP) is 2.04. The van der Waals surface area contributed by atoms with Gasteiger partial charge in [0.15, 0.2) is 5.96 Å². The van der Waals surface area contributed by atoms with Gasteiger partial charge in [-0.25, -0.2) is 4.79 Å². The lowest BCUT2D eigenvalue weighted by molar-refractivity contribution is 0.00701. The van der Waals surface area contributed by atoms with Gasteiger partial charge in [-0.3, -0.25) is 4.99 Å². The fourth-order valence-corrected chi connectivity index (χ4v) is 2.56. The van der Waals surface area contributed by atoms with Gasteiger partial charge in [0.2, 0.25) is 0 Å². The molecular formula is C19H31N5O2. The molecule has 2 N–H and O–H groups in total. The van der Waals surface area contributed by atoms with Gasteiger partial charge in [-0.15, -0.1) is 0 Å². The summed E-state index contributed by atoms with van der Waals surface area (Å²) in [7, 11) is 5.80. The highest BCUT2D eigenvalue weighted by molar-refractivity contribution is 5.80. The van der Waals surface area contributed by atoms with Gasteiger partial charge in [0.25, 0.3) is 0 Å². The third kappa shape index (κ3) is 5.82. The van der Waals surface area contributed by atoms with Crippen LogP contribution in [0.15, 0.2) is 29.3 Å². The van der Waals surface area contributed by atoms with Crippen molar-refractivity contribution in [2.75, 3.05) is 39.1 Å². The molecule has 0 atom stereocenters. The Morgan fingerprint density at radius 3 is 2.62 bits per heavy atom. The fourth-order valence-electron chi connectivity index (χ4n) is 2.56. The van der Waals surface area contributed by atoms with Crippen molar-refractivity contribution in [2.24, 2.45) is 4.99 Å². The van der Waals surface area contributed by atoms with Crippen molar-refractivity contribution in [3.8, 4) is 0 Å². The number of rotatable bonds is 4. The average Bonchev–Trinajstić information content (AvgIpc) is 2.51. The molecule has 0 radical (unpaired) electrons. The number of carbonyl (C=O) groups is 1. The first kappa shape index (κ1) is 19.9. The molecule has 1 amide bonds. The van der Waals surface area contributed by atoms with E-state index in [0.717, 1.165) is 5.96 Å². The van der Waals surface area contributed by atoms with Crippen LogP contribution in [0.3, 0.4) is 0 Å². The second kappa shape index (κ2) is 8.29. The number of nitrogens with zero attached hydrogens (tertiary/aromatic N) is 3. The minimum Gasteiger partial charge on any atom is -0.444 e. The Morgan fingerprint density at radius 2 is 2.04 bits per heavy atom. The molecule has 0 spiro atoms. The molecule has 7 heteroatoms. The van der Waals surface area contributed by atoms with E-state index in [1.807, 2.05) is 40.9 Å². The van der Waals surface area contributed by atoms with Crippen LogP contribution >= 0.6 is 0 Å². The van der Waals surface area contributed by atoms with Gasteiger partial charge in [0, 0.05) is 46.5 Å². The van der Waals surface area contributed by atoms with Gasteiger partial charge in [0.1, 0.15) is 5.60 Å². The van der Waals surface area contributed by atoms with E-state index >= 15 is 0 Å². The summed E-state index contributed by atoms with van der Waals surface area (Å²) >= 11 is 0. The van der Waals surface area contributed by atoms with E-state index in [1.165, 1.54) is 11.3 Å². The standard InChI is InChI=1S/C19H31N5O2/c1-19(2,3)26-18(25)24-12-15(13-24)22-17(20-4)21-11-14-8-7-9-16(10-14)23(5)6/h7-10,15H,11-13H2,1-6H3,(H2,20,21,22). The maximum Gasteiger partial charge on any atom is 0.410 e. The first-order valence-corrected chi connectivity index (χ1v) is 8.89. The molecule has 1 aromatic carbocycles. The van der Waals surface area contributed by atoms with Gasteiger partial charge in [0.05, 0.1) is 6.04 Å². The molecule has 0 bridgehead atoms. The Labute approximate surface area is 156 Å². The molecule has 7 nitrogen and oxygen atoms in total. The van der Waals surface area contributed by atoms with E-state index in [0.29, 0.717) is 19.6 Å². The summed E-state index contributed by atoms with van der Waals surface area (Å²) in [6, 6.07) is 8.54. The molecule has 1 aromatic rings. The van der Waals surface area contributed by atoms with E-state index in [9.17, 15) is 4.79 Å². The number of aliphatic imine (C=N–C) groups is 1. The zero-order valence-electron chi connectivity index (χ0n) is 16.7. The summed E-state index contributed by atoms with van der Waals surface area (Å²) in [5, 5.41) is 6.66. The maximum atomic E-state index is 12.0. The quantitative estimate of drug-likeness (QED) is 0.634. The van der Waals surface area contributed by atoms with Gasteiger partial charge >= 0.3 is 6.09 Å². The third-order valence-electron chi connectivity index (χ3n) is 3.98. The number of hydrogen-bond donors (Lipinski definition) is 2. The number of benzene rings is 1. The number of hydrogen-bond acceptors (Lipinski definition) is 4. The molecule has 0 saturated carbocycles. The summed E-state index contributed by atoms with van der Waals surface area (Å²) in [4.78, 5) is 20.0. The van der Waals surface area contributed by atoms with Crippen LogP contribution in [-0.4, -0.2) is 62.8 Å². The lowest BCUT2D eigenvalue weighted by Gasteiger charge is -2.40. The molecule has 1 saturated heterocycles. The summed E-state index contributed by atoms with van der Waals surface area (Å²) in [6.45, 7) is 7.54. The highest BCUT2D eigenvalue weighted by Crippen LogP contribution is 2.15. The molecule has 1 aliphatic heterocycles. The van der Waals surface area contributed by atoms with Crippen LogP contribution in [0.2, 0.25) is 0 Å². The van der Waals surface area contributed by atoms with Gasteiger partial charge in [-0.2, -0.15) is 0 Å². The highest BCUT2D eigenvalue weighted by atomic mass is 16.6. The molecule has 144 valence electrons. The first-order valence-electron chi connectivity index (χ1n) is 8.89. The van der Waals surface area contributed by atoms with Gasteiger partial charge < -0.3 is 25.2 Å². The third-order valence-corrected chi connectivity index (χ3v) is 3.98. The minimum atomic E-state index is -0.464. The van der Waals surface area contributed by atoms with Crippen molar-refractivity contribution in [3.05, 3.63) is 29.8 Å². The SMILES string of the molecule is CN=C(NCc1cccc(N(C)C)c1)NC1CN(C(=O)OC(C)(C)C)C1. The van der Waals surface area contributed by atoms with Crippen molar-refractivity contribution >= 4 is 17.7 Å². The number of nitrogens with one attached hydrogen (secondary N) is 2. The van der Waals surface area contributed by atoms with Crippen LogP contribution in [-0.2, 0) is 11.3 Å². The van der Waals surface area contributed by atoms with E-state index < -0.39 is 5.60 Å². The normalized spacial score (nSPS) is 15.3. The summed E-state index contributed by atoms with van der Waals surface area (Å²) in [5.74, 6) is 0.731. The van der Waals surface area contributed by atoms with E-state index in [-0.39, 0.29) is 12.1 Å². The second-order valence-electron chi connectivity index (χ2n) is 7.72. The van der Waals surface area contributed by atoms with Crippen molar-refractivity contribution in [2.45, 2.75) is 39.0 Å². The van der Waals surface area contributed by atoms with E-state index in [4.69, 9.17) is 4.74 Å². The molecule has 1 fully saturated rings. The second-order valence-corrected chi connectivity index (χ2v) is 7.72. The van der Waals surface area contributed by atoms with Crippen molar-refractivity contribution < 1.29 is 9.53 Å². The number of guanidine groups is 1. The summed E-state index contributed by atoms with van der Waals surface area (Å²) in [5.41, 5.74) is 1.89. The fraction of sp³-hybridized carbons (Fsp3) is 0.579. The number of carbonyl (C=O) groups excluding carboxylic acids is 1. The molecule has 2 rings (SSSR count). The first-order chi connectivity index (χ1) is 12.2. The van der Waals surface area contributed by atoms with Crippen molar-refractivity contribution in [1.82, 2.24) is 15.5 Å². The van der Waals surface area contributed by atoms with Crippen LogP contribution < -0.4 is 15.5 Å². The Kier molecular flexibility index (Phi) is 6.34. The average molecular weight is 361 g/mol. The lowest BCUT2D eigenvalue weighted by atomic mass is 10.1. The molecule has 0 aliphatic carbocycles. The Morgan fingerprint density at radius 1 is 1.35 bits per heavy atom. The highest BCUT2D eigenvalue weighted by Gasteiger charge is 2.34. The zero-order valence-corrected chi connectivity index (χ0v) is 16.7. The van der Waals surface area contributed by atoms with Gasteiger partial charge in [-0.05, 0) is 38.5 Å². The maximum absolute atomic E-state index is 12.0. The topological polar surface area (TPSA) is 69.2 Å². The van der Waals surface area contributed by atoms with Crippen molar-refractivity contribution in [1.29, 1.82) is 0 Å². The van der Waals surface area contributed by atoms with Crippen LogP contribution in [0, 0.1) is 0 Å². The number of amides is 1. The summed E-state index contributed by atoms with van der Waals surface area (Å²) in [6.07, 6.45) is -0.265. The molecular weight excluding hydrogens is 330 g/mol. The molecule has 0 unspecified atom stereocenters. The van der Waals surface area contributed by atoms with Gasteiger partial charge in [-0.1, -0.05) is 12.1 Å². The Balaban J connectivity index is 1.77. The molecule has 1 heterocycles.